The summed E-state index contributed by atoms with van der Waals surface area (Å²) in [6.07, 6.45) is 5.40. The molecular weight excluding hydrogens is 292 g/mol. The first-order chi connectivity index (χ1) is 11.2. The van der Waals surface area contributed by atoms with Crippen LogP contribution >= 0.6 is 0 Å². The van der Waals surface area contributed by atoms with Gasteiger partial charge in [-0.3, -0.25) is 14.6 Å². The summed E-state index contributed by atoms with van der Waals surface area (Å²) in [7, 11) is 0. The molecule has 118 valence electrons. The number of aryl methyl sites for hydroxylation is 1. The van der Waals surface area contributed by atoms with Gasteiger partial charge in [-0.15, -0.1) is 0 Å². The number of carbonyl (C=O) groups is 2. The van der Waals surface area contributed by atoms with E-state index in [1.807, 2.05) is 31.2 Å². The normalized spacial score (nSPS) is 17.3. The Hall–Kier alpha value is -2.69. The zero-order chi connectivity index (χ0) is 16.2. The lowest BCUT2D eigenvalue weighted by Crippen LogP contribution is -2.37. The fourth-order valence-electron chi connectivity index (χ4n) is 2.87. The molecule has 2 heterocycles. The molecule has 1 aliphatic rings. The maximum atomic E-state index is 12.2. The van der Waals surface area contributed by atoms with Crippen LogP contribution in [0.4, 0.5) is 5.69 Å². The minimum absolute atomic E-state index is 0.0493. The third kappa shape index (κ3) is 3.08. The van der Waals surface area contributed by atoms with Gasteiger partial charge in [-0.25, -0.2) is 0 Å². The van der Waals surface area contributed by atoms with Crippen LogP contribution in [0.25, 0.3) is 0 Å². The van der Waals surface area contributed by atoms with E-state index in [-0.39, 0.29) is 11.9 Å². The molecule has 1 fully saturated rings. The second-order valence-corrected chi connectivity index (χ2v) is 5.58. The molecule has 1 aliphatic heterocycles. The summed E-state index contributed by atoms with van der Waals surface area (Å²) >= 11 is 0. The second-order valence-electron chi connectivity index (χ2n) is 5.58. The zero-order valence-corrected chi connectivity index (χ0v) is 12.9. The smallest absolute Gasteiger partial charge is 0.227 e. The topological polar surface area (TPSA) is 59.5 Å². The van der Waals surface area contributed by atoms with Crippen molar-refractivity contribution in [3.63, 3.8) is 0 Å². The van der Waals surface area contributed by atoms with Crippen LogP contribution in [-0.2, 0) is 4.79 Å². The van der Waals surface area contributed by atoms with Gasteiger partial charge in [0, 0.05) is 12.6 Å². The molecule has 1 aromatic carbocycles. The first-order valence-corrected chi connectivity index (χ1v) is 7.60. The Morgan fingerprint density at radius 3 is 2.96 bits per heavy atom. The van der Waals surface area contributed by atoms with E-state index in [1.54, 1.807) is 23.4 Å². The van der Waals surface area contributed by atoms with E-state index in [2.05, 4.69) is 4.98 Å². The van der Waals surface area contributed by atoms with E-state index < -0.39 is 0 Å². The Labute approximate surface area is 134 Å². The van der Waals surface area contributed by atoms with Gasteiger partial charge >= 0.3 is 0 Å². The summed E-state index contributed by atoms with van der Waals surface area (Å²) in [4.78, 5) is 29.2. The molecule has 0 N–H and O–H groups in total. The van der Waals surface area contributed by atoms with Gasteiger partial charge in [-0.1, -0.05) is 12.1 Å². The van der Waals surface area contributed by atoms with E-state index in [0.717, 1.165) is 24.0 Å². The summed E-state index contributed by atoms with van der Waals surface area (Å²) in [6, 6.07) is 9.14. The number of aldehydes is 1. The largest absolute Gasteiger partial charge is 0.491 e. The number of amides is 1. The highest BCUT2D eigenvalue weighted by Crippen LogP contribution is 2.27. The number of carbonyl (C=O) groups excluding carboxylic acids is 2. The Bertz CT molecular complexity index is 715. The van der Waals surface area contributed by atoms with Crippen LogP contribution in [0, 0.1) is 6.92 Å². The number of benzene rings is 1. The van der Waals surface area contributed by atoms with Gasteiger partial charge in [-0.05, 0) is 37.1 Å². The summed E-state index contributed by atoms with van der Waals surface area (Å²) < 4.78 is 5.85. The van der Waals surface area contributed by atoms with Crippen molar-refractivity contribution in [3.8, 4) is 5.75 Å². The van der Waals surface area contributed by atoms with Crippen molar-refractivity contribution in [2.24, 2.45) is 0 Å². The number of hydrogen-bond acceptors (Lipinski definition) is 4. The van der Waals surface area contributed by atoms with Gasteiger partial charge in [0.25, 0.3) is 0 Å². The summed E-state index contributed by atoms with van der Waals surface area (Å²) in [5, 5.41) is 0. The molecule has 23 heavy (non-hydrogen) atoms. The van der Waals surface area contributed by atoms with Crippen molar-refractivity contribution in [1.29, 1.82) is 0 Å². The van der Waals surface area contributed by atoms with E-state index in [0.29, 0.717) is 24.3 Å². The maximum Gasteiger partial charge on any atom is 0.227 e. The molecule has 1 amide bonds. The monoisotopic (exact) mass is 310 g/mol. The molecule has 0 unspecified atom stereocenters. The number of pyridine rings is 1. The molecule has 1 saturated heterocycles. The number of anilines is 1. The maximum absolute atomic E-state index is 12.2. The number of rotatable bonds is 5. The Morgan fingerprint density at radius 1 is 1.35 bits per heavy atom. The lowest BCUT2D eigenvalue weighted by Gasteiger charge is -2.25. The van der Waals surface area contributed by atoms with Crippen LogP contribution in [0.1, 0.15) is 28.8 Å². The van der Waals surface area contributed by atoms with Gasteiger partial charge in [-0.2, -0.15) is 0 Å². The molecule has 5 heteroatoms. The standard InChI is InChI=1S/C18H18N2O3/c1-13-4-2-6-17(16(13)11-21)23-12-15-7-8-18(22)20(15)14-5-3-9-19-10-14/h2-6,9-11,15H,7-8,12H2,1H3/t15-/m0/s1. The summed E-state index contributed by atoms with van der Waals surface area (Å²) in [6.45, 7) is 2.22. The Balaban J connectivity index is 1.76. The van der Waals surface area contributed by atoms with E-state index in [1.165, 1.54) is 0 Å². The van der Waals surface area contributed by atoms with Crippen molar-refractivity contribution in [3.05, 3.63) is 53.9 Å². The van der Waals surface area contributed by atoms with Gasteiger partial charge in [0.05, 0.1) is 23.5 Å². The van der Waals surface area contributed by atoms with Crippen LogP contribution in [0.2, 0.25) is 0 Å². The number of aromatic nitrogens is 1. The third-order valence-electron chi connectivity index (χ3n) is 4.08. The fourth-order valence-corrected chi connectivity index (χ4v) is 2.87. The quantitative estimate of drug-likeness (QED) is 0.797. The molecule has 0 spiro atoms. The minimum Gasteiger partial charge on any atom is -0.491 e. The van der Waals surface area contributed by atoms with Gasteiger partial charge < -0.3 is 9.64 Å². The molecule has 2 aromatic rings. The molecule has 0 radical (unpaired) electrons. The zero-order valence-electron chi connectivity index (χ0n) is 12.9. The molecule has 0 saturated carbocycles. The molecular formula is C18H18N2O3. The fraction of sp³-hybridized carbons (Fsp3) is 0.278. The number of nitrogens with zero attached hydrogens (tertiary/aromatic N) is 2. The lowest BCUT2D eigenvalue weighted by atomic mass is 10.1. The van der Waals surface area contributed by atoms with Crippen LogP contribution in [0.15, 0.2) is 42.7 Å². The predicted molar refractivity (Wildman–Crippen MR) is 86.8 cm³/mol. The van der Waals surface area contributed by atoms with Crippen molar-refractivity contribution in [2.45, 2.75) is 25.8 Å². The molecule has 0 aliphatic carbocycles. The first kappa shape index (κ1) is 15.2. The van der Waals surface area contributed by atoms with Crippen LogP contribution in [-0.4, -0.2) is 29.8 Å². The molecule has 5 nitrogen and oxygen atoms in total. The lowest BCUT2D eigenvalue weighted by molar-refractivity contribution is -0.117. The predicted octanol–water partition coefficient (Wildman–Crippen LogP) is 2.78. The molecule has 3 rings (SSSR count). The third-order valence-corrected chi connectivity index (χ3v) is 4.08. The van der Waals surface area contributed by atoms with Crippen molar-refractivity contribution < 1.29 is 14.3 Å². The van der Waals surface area contributed by atoms with E-state index in [4.69, 9.17) is 4.74 Å². The highest BCUT2D eigenvalue weighted by Gasteiger charge is 2.32. The van der Waals surface area contributed by atoms with Crippen molar-refractivity contribution in [1.82, 2.24) is 4.98 Å². The average molecular weight is 310 g/mol. The van der Waals surface area contributed by atoms with Crippen molar-refractivity contribution >= 4 is 17.9 Å². The first-order valence-electron chi connectivity index (χ1n) is 7.60. The van der Waals surface area contributed by atoms with E-state index >= 15 is 0 Å². The van der Waals surface area contributed by atoms with Crippen LogP contribution in [0.5, 0.6) is 5.75 Å². The SMILES string of the molecule is Cc1cccc(OC[C@@H]2CCC(=O)N2c2cccnc2)c1C=O. The number of hydrogen-bond donors (Lipinski definition) is 0. The number of ether oxygens (including phenoxy) is 1. The summed E-state index contributed by atoms with van der Waals surface area (Å²) in [5.74, 6) is 0.636. The van der Waals surface area contributed by atoms with Crippen molar-refractivity contribution in [2.75, 3.05) is 11.5 Å². The second kappa shape index (κ2) is 6.60. The molecule has 1 aromatic heterocycles. The average Bonchev–Trinajstić information content (AvgIpc) is 2.94. The molecule has 0 bridgehead atoms. The highest BCUT2D eigenvalue weighted by atomic mass is 16.5. The van der Waals surface area contributed by atoms with Crippen LogP contribution in [0.3, 0.4) is 0 Å². The highest BCUT2D eigenvalue weighted by molar-refractivity contribution is 5.96. The van der Waals surface area contributed by atoms with Gasteiger partial charge in [0.2, 0.25) is 5.91 Å². The van der Waals surface area contributed by atoms with Crippen LogP contribution < -0.4 is 9.64 Å². The summed E-state index contributed by atoms with van der Waals surface area (Å²) in [5.41, 5.74) is 2.22. The Kier molecular flexibility index (Phi) is 4.37. The van der Waals surface area contributed by atoms with E-state index in [9.17, 15) is 9.59 Å². The van der Waals surface area contributed by atoms with Gasteiger partial charge in [0.1, 0.15) is 12.4 Å². The minimum atomic E-state index is -0.0493. The molecule has 1 atom stereocenters. The van der Waals surface area contributed by atoms with Gasteiger partial charge in [0.15, 0.2) is 6.29 Å². The Morgan fingerprint density at radius 2 is 2.22 bits per heavy atom.